The molecular formula is C14H25N5O. The minimum Gasteiger partial charge on any atom is -0.381 e. The molecule has 0 bridgehead atoms. The van der Waals surface area contributed by atoms with Crippen molar-refractivity contribution in [3.8, 4) is 0 Å². The molecular weight excluding hydrogens is 254 g/mol. The molecule has 0 saturated carbocycles. The topological polar surface area (TPSA) is 66.1 Å². The second kappa shape index (κ2) is 6.54. The van der Waals surface area contributed by atoms with Gasteiger partial charge in [-0.2, -0.15) is 4.98 Å². The molecule has 2 fully saturated rings. The molecule has 6 nitrogen and oxygen atoms in total. The van der Waals surface area contributed by atoms with E-state index in [2.05, 4.69) is 32.3 Å². The highest BCUT2D eigenvalue weighted by atomic mass is 16.5. The lowest BCUT2D eigenvalue weighted by molar-refractivity contribution is 0.193. The molecule has 2 saturated heterocycles. The van der Waals surface area contributed by atoms with Crippen molar-refractivity contribution in [2.75, 3.05) is 44.3 Å². The third-order valence-corrected chi connectivity index (χ3v) is 4.39. The van der Waals surface area contributed by atoms with Crippen molar-refractivity contribution in [3.63, 3.8) is 0 Å². The number of nitrogens with zero attached hydrogens (tertiary/aromatic N) is 3. The lowest BCUT2D eigenvalue weighted by Crippen LogP contribution is -2.37. The smallest absolute Gasteiger partial charge is 0.244 e. The fraction of sp³-hybridized carbons (Fsp3) is 0.857. The summed E-state index contributed by atoms with van der Waals surface area (Å²) in [5, 5.41) is 10.9. The average molecular weight is 279 g/mol. The van der Waals surface area contributed by atoms with Gasteiger partial charge in [0.1, 0.15) is 5.82 Å². The molecule has 1 unspecified atom stereocenters. The fourth-order valence-corrected chi connectivity index (χ4v) is 3.02. The summed E-state index contributed by atoms with van der Waals surface area (Å²) in [4.78, 5) is 6.97. The Labute approximate surface area is 120 Å². The van der Waals surface area contributed by atoms with Crippen LogP contribution >= 0.6 is 0 Å². The van der Waals surface area contributed by atoms with E-state index in [0.29, 0.717) is 5.92 Å². The summed E-state index contributed by atoms with van der Waals surface area (Å²) < 4.78 is 5.41. The van der Waals surface area contributed by atoms with Crippen molar-refractivity contribution in [3.05, 3.63) is 5.82 Å². The monoisotopic (exact) mass is 279 g/mol. The number of piperidine rings is 1. The normalized spacial score (nSPS) is 24.4. The van der Waals surface area contributed by atoms with E-state index in [-0.39, 0.29) is 0 Å². The zero-order chi connectivity index (χ0) is 13.8. The summed E-state index contributed by atoms with van der Waals surface area (Å²) in [6, 6.07) is 0. The molecule has 0 amide bonds. The van der Waals surface area contributed by atoms with Gasteiger partial charge in [-0.25, -0.2) is 0 Å². The third-order valence-electron chi connectivity index (χ3n) is 4.39. The highest BCUT2D eigenvalue weighted by Crippen LogP contribution is 2.25. The van der Waals surface area contributed by atoms with E-state index >= 15 is 0 Å². The Bertz CT molecular complexity index is 407. The summed E-state index contributed by atoms with van der Waals surface area (Å²) in [5.74, 6) is 3.07. The number of aromatic amines is 1. The summed E-state index contributed by atoms with van der Waals surface area (Å²) in [6.07, 6.45) is 3.51. The number of aromatic nitrogens is 3. The van der Waals surface area contributed by atoms with Gasteiger partial charge in [0.25, 0.3) is 0 Å². The largest absolute Gasteiger partial charge is 0.381 e. The van der Waals surface area contributed by atoms with Crippen LogP contribution in [0.2, 0.25) is 0 Å². The highest BCUT2D eigenvalue weighted by Gasteiger charge is 2.25. The van der Waals surface area contributed by atoms with E-state index in [1.54, 1.807) is 0 Å². The maximum atomic E-state index is 5.41. The second-order valence-corrected chi connectivity index (χ2v) is 5.82. The number of H-pyrrole nitrogens is 1. The first-order chi connectivity index (χ1) is 9.86. The van der Waals surface area contributed by atoms with Gasteiger partial charge in [-0.05, 0) is 38.3 Å². The number of rotatable bonds is 5. The molecule has 2 aliphatic heterocycles. The van der Waals surface area contributed by atoms with Crippen LogP contribution in [-0.4, -0.2) is 54.6 Å². The van der Waals surface area contributed by atoms with Gasteiger partial charge in [0.15, 0.2) is 0 Å². The van der Waals surface area contributed by atoms with Gasteiger partial charge >= 0.3 is 0 Å². The van der Waals surface area contributed by atoms with Crippen molar-refractivity contribution >= 4 is 5.95 Å². The van der Waals surface area contributed by atoms with Crippen LogP contribution in [0.3, 0.4) is 0 Å². The van der Waals surface area contributed by atoms with Gasteiger partial charge in [-0.3, -0.25) is 5.10 Å². The lowest BCUT2D eigenvalue weighted by atomic mass is 9.97. The Kier molecular flexibility index (Phi) is 4.52. The van der Waals surface area contributed by atoms with Gasteiger partial charge in [0, 0.05) is 25.6 Å². The lowest BCUT2D eigenvalue weighted by Gasteiger charge is -2.31. The van der Waals surface area contributed by atoms with Gasteiger partial charge in [0.05, 0.1) is 6.61 Å². The van der Waals surface area contributed by atoms with Crippen LogP contribution < -0.4 is 10.2 Å². The second-order valence-electron chi connectivity index (χ2n) is 5.82. The van der Waals surface area contributed by atoms with Crippen LogP contribution in [0.1, 0.15) is 37.9 Å². The zero-order valence-corrected chi connectivity index (χ0v) is 12.3. The molecule has 2 aliphatic rings. The maximum Gasteiger partial charge on any atom is 0.244 e. The number of hydrogen-bond donors (Lipinski definition) is 2. The molecule has 0 radical (unpaired) electrons. The first-order valence-corrected chi connectivity index (χ1v) is 7.82. The molecule has 112 valence electrons. The summed E-state index contributed by atoms with van der Waals surface area (Å²) >= 11 is 0. The number of nitrogens with one attached hydrogen (secondary N) is 2. The SMILES string of the molecule is CCNCC1CCN(c2n[nH]c(C3CCOC3)n2)CC1. The highest BCUT2D eigenvalue weighted by molar-refractivity contribution is 5.30. The number of anilines is 1. The molecule has 0 spiro atoms. The number of ether oxygens (including phenoxy) is 1. The summed E-state index contributed by atoms with van der Waals surface area (Å²) in [7, 11) is 0. The molecule has 20 heavy (non-hydrogen) atoms. The van der Waals surface area contributed by atoms with Crippen LogP contribution in [-0.2, 0) is 4.74 Å². The van der Waals surface area contributed by atoms with Crippen LogP contribution in [0.25, 0.3) is 0 Å². The first-order valence-electron chi connectivity index (χ1n) is 7.82. The minimum atomic E-state index is 0.405. The molecule has 1 atom stereocenters. The molecule has 3 rings (SSSR count). The standard InChI is InChI=1S/C14H25N5O/c1-2-15-9-11-3-6-19(7-4-11)14-16-13(17-18-14)12-5-8-20-10-12/h11-12,15H,2-10H2,1H3,(H,16,17,18). The van der Waals surface area contributed by atoms with Gasteiger partial charge in [-0.1, -0.05) is 6.92 Å². The van der Waals surface area contributed by atoms with Crippen molar-refractivity contribution in [2.45, 2.75) is 32.1 Å². The Morgan fingerprint density at radius 3 is 2.90 bits per heavy atom. The predicted octanol–water partition coefficient (Wildman–Crippen LogP) is 1.13. The average Bonchev–Trinajstić information content (AvgIpc) is 3.16. The van der Waals surface area contributed by atoms with Crippen molar-refractivity contribution in [2.24, 2.45) is 5.92 Å². The third kappa shape index (κ3) is 3.12. The van der Waals surface area contributed by atoms with Gasteiger partial charge in [0.2, 0.25) is 5.95 Å². The zero-order valence-electron chi connectivity index (χ0n) is 12.3. The summed E-state index contributed by atoms with van der Waals surface area (Å²) in [6.45, 7) is 8.12. The molecule has 0 aromatic carbocycles. The maximum absolute atomic E-state index is 5.41. The van der Waals surface area contributed by atoms with E-state index in [1.165, 1.54) is 12.8 Å². The van der Waals surface area contributed by atoms with Crippen molar-refractivity contribution in [1.82, 2.24) is 20.5 Å². The van der Waals surface area contributed by atoms with Crippen LogP contribution in [0.15, 0.2) is 0 Å². The molecule has 0 aliphatic carbocycles. The fourth-order valence-electron chi connectivity index (χ4n) is 3.02. The van der Waals surface area contributed by atoms with Crippen molar-refractivity contribution in [1.29, 1.82) is 0 Å². The predicted molar refractivity (Wildman–Crippen MR) is 78.0 cm³/mol. The molecule has 3 heterocycles. The Balaban J connectivity index is 1.52. The van der Waals surface area contributed by atoms with Crippen molar-refractivity contribution < 1.29 is 4.74 Å². The number of hydrogen-bond acceptors (Lipinski definition) is 5. The van der Waals surface area contributed by atoms with E-state index in [1.807, 2.05) is 0 Å². The molecule has 2 N–H and O–H groups in total. The van der Waals surface area contributed by atoms with Crippen LogP contribution in [0.4, 0.5) is 5.95 Å². The minimum absolute atomic E-state index is 0.405. The Morgan fingerprint density at radius 2 is 2.20 bits per heavy atom. The van der Waals surface area contributed by atoms with Crippen LogP contribution in [0, 0.1) is 5.92 Å². The molecule has 1 aromatic heterocycles. The van der Waals surface area contributed by atoms with E-state index in [9.17, 15) is 0 Å². The van der Waals surface area contributed by atoms with Gasteiger partial charge in [-0.15, -0.1) is 5.10 Å². The van der Waals surface area contributed by atoms with E-state index < -0.39 is 0 Å². The molecule has 1 aromatic rings. The van der Waals surface area contributed by atoms with Gasteiger partial charge < -0.3 is 15.0 Å². The summed E-state index contributed by atoms with van der Waals surface area (Å²) in [5.41, 5.74) is 0. The van der Waals surface area contributed by atoms with Crippen LogP contribution in [0.5, 0.6) is 0 Å². The van der Waals surface area contributed by atoms with E-state index in [4.69, 9.17) is 4.74 Å². The first kappa shape index (κ1) is 13.8. The Morgan fingerprint density at radius 1 is 1.35 bits per heavy atom. The van der Waals surface area contributed by atoms with E-state index in [0.717, 1.165) is 63.5 Å². The Hall–Kier alpha value is -1.14. The quantitative estimate of drug-likeness (QED) is 0.846. The molecule has 6 heteroatoms.